The molecule has 0 aromatic heterocycles. The van der Waals surface area contributed by atoms with Gasteiger partial charge < -0.3 is 0 Å². The number of halogens is 1. The Balaban J connectivity index is 2.30. The van der Waals surface area contributed by atoms with Gasteiger partial charge in [-0.25, -0.2) is 5.01 Å². The second-order valence-electron chi connectivity index (χ2n) is 4.78. The van der Waals surface area contributed by atoms with Crippen LogP contribution in [0.1, 0.15) is 25.8 Å². The van der Waals surface area contributed by atoms with E-state index in [0.717, 1.165) is 15.7 Å². The Hall–Kier alpha value is -1.49. The smallest absolute Gasteiger partial charge is 0.256 e. The lowest BCUT2D eigenvalue weighted by molar-refractivity contribution is -0.124. The summed E-state index contributed by atoms with van der Waals surface area (Å²) in [5, 5.41) is 5.67. The molecule has 0 saturated carbocycles. The van der Waals surface area contributed by atoms with E-state index in [1.165, 1.54) is 11.9 Å². The number of ketones is 1. The predicted molar refractivity (Wildman–Crippen MR) is 78.3 cm³/mol. The summed E-state index contributed by atoms with van der Waals surface area (Å²) in [6, 6.07) is 5.62. The van der Waals surface area contributed by atoms with Crippen molar-refractivity contribution in [2.75, 3.05) is 5.01 Å². The molecule has 0 fully saturated rings. The van der Waals surface area contributed by atoms with Crippen molar-refractivity contribution in [2.45, 2.75) is 27.2 Å². The van der Waals surface area contributed by atoms with Gasteiger partial charge in [-0.2, -0.15) is 5.10 Å². The number of anilines is 1. The molecule has 1 aliphatic heterocycles. The lowest BCUT2D eigenvalue weighted by Crippen LogP contribution is -2.28. The number of hydrogen-bond donors (Lipinski definition) is 0. The van der Waals surface area contributed by atoms with Crippen molar-refractivity contribution in [3.63, 3.8) is 0 Å². The van der Waals surface area contributed by atoms with Gasteiger partial charge in [-0.15, -0.1) is 0 Å². The molecule has 0 radical (unpaired) electrons. The van der Waals surface area contributed by atoms with Crippen LogP contribution in [0.15, 0.2) is 27.8 Å². The van der Waals surface area contributed by atoms with E-state index < -0.39 is 5.92 Å². The first-order valence-corrected chi connectivity index (χ1v) is 6.84. The third kappa shape index (κ3) is 2.76. The van der Waals surface area contributed by atoms with Crippen molar-refractivity contribution in [1.82, 2.24) is 0 Å². The molecule has 2 rings (SSSR count). The van der Waals surface area contributed by atoms with Crippen molar-refractivity contribution in [2.24, 2.45) is 11.0 Å². The molecule has 0 saturated heterocycles. The number of nitrogens with zero attached hydrogens (tertiary/aromatic N) is 2. The zero-order valence-electron chi connectivity index (χ0n) is 11.1. The molecule has 1 amide bonds. The van der Waals surface area contributed by atoms with E-state index in [4.69, 9.17) is 0 Å². The average Bonchev–Trinajstić information content (AvgIpc) is 2.60. The summed E-state index contributed by atoms with van der Waals surface area (Å²) in [4.78, 5) is 23.5. The lowest BCUT2D eigenvalue weighted by atomic mass is 9.98. The van der Waals surface area contributed by atoms with Crippen LogP contribution in [0.2, 0.25) is 0 Å². The van der Waals surface area contributed by atoms with Crippen molar-refractivity contribution in [3.05, 3.63) is 28.2 Å². The summed E-state index contributed by atoms with van der Waals surface area (Å²) in [7, 11) is 0. The number of benzene rings is 1. The number of hydrogen-bond acceptors (Lipinski definition) is 3. The minimum Gasteiger partial charge on any atom is -0.300 e. The summed E-state index contributed by atoms with van der Waals surface area (Å²) >= 11 is 3.43. The highest BCUT2D eigenvalue weighted by Gasteiger charge is 2.35. The van der Waals surface area contributed by atoms with Crippen molar-refractivity contribution >= 4 is 39.0 Å². The average molecular weight is 323 g/mol. The fourth-order valence-corrected chi connectivity index (χ4v) is 2.32. The molecule has 19 heavy (non-hydrogen) atoms. The lowest BCUT2D eigenvalue weighted by Gasteiger charge is -2.14. The monoisotopic (exact) mass is 322 g/mol. The SMILES string of the molecule is CC(=O)CC1C(=O)N(c2ccc(Br)c(C)c2)N=C1C. The van der Waals surface area contributed by atoms with Crippen LogP contribution in [-0.2, 0) is 9.59 Å². The molecule has 5 heteroatoms. The molecule has 0 aliphatic carbocycles. The summed E-state index contributed by atoms with van der Waals surface area (Å²) in [6.45, 7) is 5.24. The highest BCUT2D eigenvalue weighted by molar-refractivity contribution is 9.10. The standard InChI is InChI=1S/C14H15BrN2O2/c1-8-6-11(4-5-13(8)15)17-14(19)12(7-9(2)18)10(3)16-17/h4-6,12H,7H2,1-3H3. The number of carbonyl (C=O) groups excluding carboxylic acids is 2. The zero-order valence-corrected chi connectivity index (χ0v) is 12.7. The highest BCUT2D eigenvalue weighted by Crippen LogP contribution is 2.28. The quantitative estimate of drug-likeness (QED) is 0.858. The molecule has 0 N–H and O–H groups in total. The number of carbonyl (C=O) groups is 2. The van der Waals surface area contributed by atoms with Gasteiger partial charge in [0, 0.05) is 16.6 Å². The van der Waals surface area contributed by atoms with Gasteiger partial charge in [-0.05, 0) is 44.5 Å². The molecule has 100 valence electrons. The van der Waals surface area contributed by atoms with E-state index >= 15 is 0 Å². The Bertz CT molecular complexity index is 581. The largest absolute Gasteiger partial charge is 0.300 e. The molecule has 1 atom stereocenters. The van der Waals surface area contributed by atoms with Crippen molar-refractivity contribution in [1.29, 1.82) is 0 Å². The molecule has 1 aliphatic rings. The van der Waals surface area contributed by atoms with E-state index in [2.05, 4.69) is 21.0 Å². The summed E-state index contributed by atoms with van der Waals surface area (Å²) in [5.74, 6) is -0.544. The van der Waals surface area contributed by atoms with Crippen LogP contribution in [0.25, 0.3) is 0 Å². The molecule has 1 aromatic carbocycles. The Morgan fingerprint density at radius 1 is 1.42 bits per heavy atom. The van der Waals surface area contributed by atoms with Crippen LogP contribution in [0.5, 0.6) is 0 Å². The van der Waals surface area contributed by atoms with Gasteiger partial charge in [0.15, 0.2) is 0 Å². The predicted octanol–water partition coefficient (Wildman–Crippen LogP) is 3.08. The summed E-state index contributed by atoms with van der Waals surface area (Å²) < 4.78 is 0.990. The van der Waals surface area contributed by atoms with Crippen LogP contribution < -0.4 is 5.01 Å². The van der Waals surface area contributed by atoms with Gasteiger partial charge in [0.25, 0.3) is 5.91 Å². The van der Waals surface area contributed by atoms with E-state index in [9.17, 15) is 9.59 Å². The van der Waals surface area contributed by atoms with Crippen molar-refractivity contribution < 1.29 is 9.59 Å². The van der Waals surface area contributed by atoms with Gasteiger partial charge in [0.05, 0.1) is 11.6 Å². The minimum absolute atomic E-state index is 0.00161. The van der Waals surface area contributed by atoms with E-state index in [-0.39, 0.29) is 18.1 Å². The van der Waals surface area contributed by atoms with Crippen LogP contribution >= 0.6 is 15.9 Å². The maximum Gasteiger partial charge on any atom is 0.256 e. The first kappa shape index (κ1) is 13.9. The van der Waals surface area contributed by atoms with Crippen LogP contribution in [0, 0.1) is 12.8 Å². The number of amides is 1. The molecule has 4 nitrogen and oxygen atoms in total. The van der Waals surface area contributed by atoms with Gasteiger partial charge in [0.2, 0.25) is 0 Å². The van der Waals surface area contributed by atoms with Gasteiger partial charge in [0.1, 0.15) is 5.78 Å². The maximum atomic E-state index is 12.3. The molecular weight excluding hydrogens is 308 g/mol. The maximum absolute atomic E-state index is 12.3. The zero-order chi connectivity index (χ0) is 14.2. The third-order valence-corrected chi connectivity index (χ3v) is 4.04. The summed E-state index contributed by atoms with van der Waals surface area (Å²) in [5.41, 5.74) is 2.46. The third-order valence-electron chi connectivity index (χ3n) is 3.15. The fraction of sp³-hybridized carbons (Fsp3) is 0.357. The molecule has 1 aromatic rings. The number of hydrazone groups is 1. The van der Waals surface area contributed by atoms with E-state index in [1.807, 2.05) is 25.1 Å². The van der Waals surface area contributed by atoms with Gasteiger partial charge in [-0.3, -0.25) is 9.59 Å². The molecule has 0 spiro atoms. The topological polar surface area (TPSA) is 49.7 Å². The fourth-order valence-electron chi connectivity index (χ4n) is 2.07. The second-order valence-corrected chi connectivity index (χ2v) is 5.64. The normalized spacial score (nSPS) is 18.7. The Labute approximate surface area is 120 Å². The van der Waals surface area contributed by atoms with E-state index in [1.54, 1.807) is 6.92 Å². The molecule has 0 bridgehead atoms. The van der Waals surface area contributed by atoms with Crippen LogP contribution in [0.3, 0.4) is 0 Å². The molecular formula is C14H15BrN2O2. The number of aryl methyl sites for hydroxylation is 1. The molecule has 1 heterocycles. The van der Waals surface area contributed by atoms with Crippen LogP contribution in [0.4, 0.5) is 5.69 Å². The summed E-state index contributed by atoms with van der Waals surface area (Å²) in [6.07, 6.45) is 0.222. The Morgan fingerprint density at radius 2 is 2.11 bits per heavy atom. The van der Waals surface area contributed by atoms with E-state index in [0.29, 0.717) is 5.71 Å². The minimum atomic E-state index is -0.415. The first-order valence-electron chi connectivity index (χ1n) is 6.05. The van der Waals surface area contributed by atoms with Crippen LogP contribution in [-0.4, -0.2) is 17.4 Å². The Kier molecular flexibility index (Phi) is 3.85. The van der Waals surface area contributed by atoms with Gasteiger partial charge in [-0.1, -0.05) is 15.9 Å². The highest BCUT2D eigenvalue weighted by atomic mass is 79.9. The number of rotatable bonds is 3. The second kappa shape index (κ2) is 5.25. The van der Waals surface area contributed by atoms with Gasteiger partial charge >= 0.3 is 0 Å². The number of Topliss-reactive ketones (excluding diaryl/α,β-unsaturated/α-hetero) is 1. The first-order chi connectivity index (χ1) is 8.90. The van der Waals surface area contributed by atoms with Crippen molar-refractivity contribution in [3.8, 4) is 0 Å². The molecule has 1 unspecified atom stereocenters. The Morgan fingerprint density at radius 3 is 2.68 bits per heavy atom.